The lowest BCUT2D eigenvalue weighted by Crippen LogP contribution is -2.07. The Balaban J connectivity index is 2.31. The van der Waals surface area contributed by atoms with Crippen molar-refractivity contribution in [2.45, 2.75) is 26.2 Å². The van der Waals surface area contributed by atoms with Crippen molar-refractivity contribution in [1.82, 2.24) is 15.0 Å². The number of rotatable bonds is 6. The predicted octanol–water partition coefficient (Wildman–Crippen LogP) is 1.11. The van der Waals surface area contributed by atoms with Crippen molar-refractivity contribution in [3.05, 3.63) is 5.82 Å². The average Bonchev–Trinajstić information content (AvgIpc) is 2.16. The lowest BCUT2D eigenvalue weighted by molar-refractivity contribution is 0.891. The predicted molar refractivity (Wildman–Crippen MR) is 64.6 cm³/mol. The summed E-state index contributed by atoms with van der Waals surface area (Å²) >= 11 is 1.90. The average molecular weight is 227 g/mol. The van der Waals surface area contributed by atoms with E-state index < -0.39 is 0 Å². The van der Waals surface area contributed by atoms with Gasteiger partial charge < -0.3 is 11.5 Å². The summed E-state index contributed by atoms with van der Waals surface area (Å²) in [4.78, 5) is 11.7. The topological polar surface area (TPSA) is 90.7 Å². The van der Waals surface area contributed by atoms with Crippen LogP contribution in [-0.2, 0) is 6.42 Å². The van der Waals surface area contributed by atoms with Crippen LogP contribution < -0.4 is 11.5 Å². The third-order valence-electron chi connectivity index (χ3n) is 1.83. The van der Waals surface area contributed by atoms with E-state index in [0.717, 1.165) is 12.2 Å². The molecule has 6 heteroatoms. The Kier molecular flexibility index (Phi) is 5.17. The van der Waals surface area contributed by atoms with E-state index in [2.05, 4.69) is 21.9 Å². The zero-order valence-electron chi connectivity index (χ0n) is 8.94. The molecule has 0 fully saturated rings. The smallest absolute Gasteiger partial charge is 0.225 e. The fraction of sp³-hybridized carbons (Fsp3) is 0.667. The summed E-state index contributed by atoms with van der Waals surface area (Å²) in [6, 6.07) is 0. The van der Waals surface area contributed by atoms with Crippen molar-refractivity contribution < 1.29 is 0 Å². The molecule has 0 aromatic carbocycles. The molecule has 0 amide bonds. The van der Waals surface area contributed by atoms with Crippen molar-refractivity contribution >= 4 is 23.7 Å². The van der Waals surface area contributed by atoms with E-state index in [0.29, 0.717) is 5.82 Å². The number of hydrogen-bond donors (Lipinski definition) is 2. The molecule has 0 saturated carbocycles. The van der Waals surface area contributed by atoms with Crippen LogP contribution in [0.2, 0.25) is 0 Å². The highest BCUT2D eigenvalue weighted by Crippen LogP contribution is 2.07. The Labute approximate surface area is 94.1 Å². The van der Waals surface area contributed by atoms with Gasteiger partial charge in [-0.1, -0.05) is 13.3 Å². The Morgan fingerprint density at radius 3 is 2.33 bits per heavy atom. The van der Waals surface area contributed by atoms with Gasteiger partial charge in [-0.2, -0.15) is 26.7 Å². The number of aryl methyl sites for hydroxylation is 1. The van der Waals surface area contributed by atoms with E-state index in [1.54, 1.807) is 0 Å². The number of hydrogen-bond acceptors (Lipinski definition) is 6. The minimum Gasteiger partial charge on any atom is -0.368 e. The lowest BCUT2D eigenvalue weighted by atomic mass is 10.4. The molecule has 0 atom stereocenters. The molecule has 1 heterocycles. The van der Waals surface area contributed by atoms with E-state index in [1.807, 2.05) is 11.8 Å². The zero-order valence-corrected chi connectivity index (χ0v) is 9.76. The molecule has 1 aromatic heterocycles. The van der Waals surface area contributed by atoms with Crippen LogP contribution in [0.15, 0.2) is 0 Å². The highest BCUT2D eigenvalue weighted by atomic mass is 32.2. The standard InChI is InChI=1S/C9H17N5S/c1-2-3-5-15-6-4-7-12-8(10)14-9(11)13-7/h2-6H2,1H3,(H4,10,11,12,13,14). The summed E-state index contributed by atoms with van der Waals surface area (Å²) < 4.78 is 0. The molecule has 0 radical (unpaired) electrons. The van der Waals surface area contributed by atoms with Crippen LogP contribution >= 0.6 is 11.8 Å². The van der Waals surface area contributed by atoms with Crippen molar-refractivity contribution in [2.75, 3.05) is 23.0 Å². The minimum absolute atomic E-state index is 0.205. The fourth-order valence-corrected chi connectivity index (χ4v) is 2.10. The maximum absolute atomic E-state index is 5.46. The molecule has 84 valence electrons. The van der Waals surface area contributed by atoms with E-state index in [-0.39, 0.29) is 11.9 Å². The van der Waals surface area contributed by atoms with Crippen LogP contribution in [0.1, 0.15) is 25.6 Å². The summed E-state index contributed by atoms with van der Waals surface area (Å²) in [5, 5.41) is 0. The normalized spacial score (nSPS) is 10.5. The number of aromatic nitrogens is 3. The Morgan fingerprint density at radius 1 is 1.07 bits per heavy atom. The maximum atomic E-state index is 5.46. The largest absolute Gasteiger partial charge is 0.368 e. The molecular formula is C9H17N5S. The monoisotopic (exact) mass is 227 g/mol. The summed E-state index contributed by atoms with van der Waals surface area (Å²) in [5.41, 5.74) is 10.9. The fourth-order valence-electron chi connectivity index (χ4n) is 1.08. The van der Waals surface area contributed by atoms with Gasteiger partial charge in [0.1, 0.15) is 5.82 Å². The maximum Gasteiger partial charge on any atom is 0.225 e. The van der Waals surface area contributed by atoms with Crippen molar-refractivity contribution in [3.63, 3.8) is 0 Å². The Hall–Kier alpha value is -1.04. The van der Waals surface area contributed by atoms with Gasteiger partial charge in [0, 0.05) is 12.2 Å². The molecule has 5 nitrogen and oxygen atoms in total. The molecule has 0 aliphatic rings. The van der Waals surface area contributed by atoms with E-state index >= 15 is 0 Å². The number of nitrogen functional groups attached to an aromatic ring is 2. The number of unbranched alkanes of at least 4 members (excludes halogenated alkanes) is 1. The van der Waals surface area contributed by atoms with Crippen LogP contribution in [0, 0.1) is 0 Å². The first-order valence-corrected chi connectivity index (χ1v) is 6.21. The van der Waals surface area contributed by atoms with Gasteiger partial charge >= 0.3 is 0 Å². The summed E-state index contributed by atoms with van der Waals surface area (Å²) in [6.45, 7) is 2.19. The van der Waals surface area contributed by atoms with Crippen LogP contribution in [0.4, 0.5) is 11.9 Å². The van der Waals surface area contributed by atoms with Gasteiger partial charge in [0.15, 0.2) is 0 Å². The van der Waals surface area contributed by atoms with Gasteiger partial charge in [-0.3, -0.25) is 0 Å². The van der Waals surface area contributed by atoms with Gasteiger partial charge in [0.05, 0.1) is 0 Å². The Morgan fingerprint density at radius 2 is 1.73 bits per heavy atom. The Bertz CT molecular complexity index is 284. The molecule has 0 spiro atoms. The highest BCUT2D eigenvalue weighted by molar-refractivity contribution is 7.99. The van der Waals surface area contributed by atoms with Gasteiger partial charge in [0.25, 0.3) is 0 Å². The third kappa shape index (κ3) is 4.83. The van der Waals surface area contributed by atoms with E-state index in [4.69, 9.17) is 11.5 Å². The summed E-state index contributed by atoms with van der Waals surface area (Å²) in [5.74, 6) is 3.28. The first-order valence-electron chi connectivity index (χ1n) is 5.06. The van der Waals surface area contributed by atoms with E-state index in [1.165, 1.54) is 18.6 Å². The molecule has 1 aromatic rings. The molecule has 0 aliphatic carbocycles. The molecule has 15 heavy (non-hydrogen) atoms. The SMILES string of the molecule is CCCCSCCc1nc(N)nc(N)n1. The van der Waals surface area contributed by atoms with Crippen LogP contribution in [0.25, 0.3) is 0 Å². The van der Waals surface area contributed by atoms with Crippen molar-refractivity contribution in [1.29, 1.82) is 0 Å². The number of thioether (sulfide) groups is 1. The second-order valence-electron chi connectivity index (χ2n) is 3.18. The molecular weight excluding hydrogens is 210 g/mol. The molecule has 4 N–H and O–H groups in total. The van der Waals surface area contributed by atoms with E-state index in [9.17, 15) is 0 Å². The number of nitrogens with two attached hydrogens (primary N) is 2. The molecule has 0 unspecified atom stereocenters. The highest BCUT2D eigenvalue weighted by Gasteiger charge is 2.01. The minimum atomic E-state index is 0.205. The first kappa shape index (κ1) is 12.0. The molecule has 0 saturated heterocycles. The van der Waals surface area contributed by atoms with Gasteiger partial charge in [-0.25, -0.2) is 0 Å². The first-order chi connectivity index (χ1) is 7.22. The number of nitrogens with zero attached hydrogens (tertiary/aromatic N) is 3. The lowest BCUT2D eigenvalue weighted by Gasteiger charge is -2.01. The summed E-state index contributed by atoms with van der Waals surface area (Å²) in [7, 11) is 0. The molecule has 0 aliphatic heterocycles. The van der Waals surface area contributed by atoms with Crippen molar-refractivity contribution in [3.8, 4) is 0 Å². The third-order valence-corrected chi connectivity index (χ3v) is 2.90. The van der Waals surface area contributed by atoms with Gasteiger partial charge in [-0.05, 0) is 12.2 Å². The quantitative estimate of drug-likeness (QED) is 0.707. The van der Waals surface area contributed by atoms with Gasteiger partial charge in [0.2, 0.25) is 11.9 Å². The zero-order chi connectivity index (χ0) is 11.1. The van der Waals surface area contributed by atoms with Crippen LogP contribution in [0.5, 0.6) is 0 Å². The number of anilines is 2. The van der Waals surface area contributed by atoms with Crippen molar-refractivity contribution in [2.24, 2.45) is 0 Å². The van der Waals surface area contributed by atoms with Gasteiger partial charge in [-0.15, -0.1) is 0 Å². The molecule has 0 bridgehead atoms. The molecule has 1 rings (SSSR count). The van der Waals surface area contributed by atoms with Crippen LogP contribution in [0.3, 0.4) is 0 Å². The van der Waals surface area contributed by atoms with Crippen LogP contribution in [-0.4, -0.2) is 26.5 Å². The second kappa shape index (κ2) is 6.44. The second-order valence-corrected chi connectivity index (χ2v) is 4.41. The summed E-state index contributed by atoms with van der Waals surface area (Å²) in [6.07, 6.45) is 3.29.